The summed E-state index contributed by atoms with van der Waals surface area (Å²) in [6, 6.07) is 13.5. The Morgan fingerprint density at radius 1 is 1.09 bits per heavy atom. The number of rotatable bonds is 5. The van der Waals surface area contributed by atoms with Crippen molar-refractivity contribution in [2.24, 2.45) is 0 Å². The topological polar surface area (TPSA) is 83.6 Å². The van der Waals surface area contributed by atoms with E-state index < -0.39 is 0 Å². The highest BCUT2D eigenvalue weighted by atomic mass is 16.5. The second kappa shape index (κ2) is 8.76. The van der Waals surface area contributed by atoms with Gasteiger partial charge in [0, 0.05) is 43.7 Å². The van der Waals surface area contributed by atoms with Gasteiger partial charge in [-0.3, -0.25) is 10.3 Å². The van der Waals surface area contributed by atoms with E-state index in [0.717, 1.165) is 62.5 Å². The Labute approximate surface area is 187 Å². The molecule has 2 aromatic carbocycles. The Bertz CT molecular complexity index is 1170. The molecule has 2 N–H and O–H groups in total. The van der Waals surface area contributed by atoms with Gasteiger partial charge in [-0.15, -0.1) is 0 Å². The van der Waals surface area contributed by atoms with Gasteiger partial charge in [-0.1, -0.05) is 35.9 Å². The smallest absolute Gasteiger partial charge is 0.228 e. The minimum absolute atomic E-state index is 0.148. The van der Waals surface area contributed by atoms with Gasteiger partial charge in [0.25, 0.3) is 0 Å². The average molecular weight is 433 g/mol. The fourth-order valence-electron chi connectivity index (χ4n) is 4.52. The lowest BCUT2D eigenvalue weighted by molar-refractivity contribution is 0.0369. The number of hydrogen-bond donors (Lipinski definition) is 2. The van der Waals surface area contributed by atoms with Crippen LogP contribution in [0, 0.1) is 12.3 Å². The molecule has 7 heteroatoms. The molecular weight excluding hydrogens is 404 g/mol. The molecule has 0 spiro atoms. The summed E-state index contributed by atoms with van der Waals surface area (Å²) in [5.41, 5.74) is 4.37. The van der Waals surface area contributed by atoms with Crippen LogP contribution in [0.3, 0.4) is 0 Å². The summed E-state index contributed by atoms with van der Waals surface area (Å²) in [4.78, 5) is 6.98. The zero-order valence-electron chi connectivity index (χ0n) is 18.3. The van der Waals surface area contributed by atoms with Crippen LogP contribution in [0.2, 0.25) is 0 Å². The summed E-state index contributed by atoms with van der Waals surface area (Å²) in [6.07, 6.45) is 2.64. The molecule has 0 bridgehead atoms. The molecule has 1 saturated heterocycles. The standard InChI is InChI=1S/C25H28N4O3/c1-17-3-5-18(6-4-17)22-20-8-7-19(30)15-21(20)32-25-23(22)24(26)29(16-27-25)10-2-9-28-11-13-31-14-12-28/h3-8,15-16,22,26,30H,2,9-14H2,1H3/t22-/m1/s1. The van der Waals surface area contributed by atoms with Crippen LogP contribution in [0.4, 0.5) is 0 Å². The Kier molecular flexibility index (Phi) is 5.68. The van der Waals surface area contributed by atoms with Gasteiger partial charge in [0.1, 0.15) is 23.3 Å². The van der Waals surface area contributed by atoms with Crippen LogP contribution in [0.15, 0.2) is 48.8 Å². The molecule has 1 fully saturated rings. The molecule has 2 aliphatic rings. The van der Waals surface area contributed by atoms with Crippen LogP contribution < -0.4 is 10.2 Å². The maximum atomic E-state index is 9.98. The number of phenolic OH excluding ortho intramolecular Hbond substituents is 1. The number of morpholine rings is 1. The summed E-state index contributed by atoms with van der Waals surface area (Å²) in [5, 5.41) is 19.0. The lowest BCUT2D eigenvalue weighted by atomic mass is 9.83. The molecule has 0 aliphatic carbocycles. The molecule has 1 aromatic heterocycles. The van der Waals surface area contributed by atoms with Gasteiger partial charge in [0.15, 0.2) is 0 Å². The van der Waals surface area contributed by atoms with Gasteiger partial charge >= 0.3 is 0 Å². The van der Waals surface area contributed by atoms with Crippen molar-refractivity contribution in [3.63, 3.8) is 0 Å². The van der Waals surface area contributed by atoms with Crippen molar-refractivity contribution in [2.45, 2.75) is 25.8 Å². The third kappa shape index (κ3) is 4.01. The number of fused-ring (bicyclic) bond motifs is 2. The monoisotopic (exact) mass is 432 g/mol. The van der Waals surface area contributed by atoms with E-state index in [2.05, 4.69) is 41.1 Å². The van der Waals surface area contributed by atoms with E-state index in [9.17, 15) is 5.11 Å². The van der Waals surface area contributed by atoms with Gasteiger partial charge < -0.3 is 19.1 Å². The van der Waals surface area contributed by atoms with E-state index in [1.54, 1.807) is 18.5 Å². The zero-order chi connectivity index (χ0) is 22.1. The van der Waals surface area contributed by atoms with E-state index in [-0.39, 0.29) is 11.7 Å². The fourth-order valence-corrected chi connectivity index (χ4v) is 4.52. The molecule has 0 radical (unpaired) electrons. The minimum atomic E-state index is -0.179. The molecule has 0 amide bonds. The highest BCUT2D eigenvalue weighted by molar-refractivity contribution is 5.57. The number of aryl methyl sites for hydroxylation is 2. The van der Waals surface area contributed by atoms with Crippen LogP contribution in [0.5, 0.6) is 17.4 Å². The highest BCUT2D eigenvalue weighted by Crippen LogP contribution is 2.45. The lowest BCUT2D eigenvalue weighted by Crippen LogP contribution is -2.37. The quantitative estimate of drug-likeness (QED) is 0.505. The molecule has 5 rings (SSSR count). The predicted octanol–water partition coefficient (Wildman–Crippen LogP) is 3.38. The molecule has 1 atom stereocenters. The fraction of sp³-hybridized carbons (Fsp3) is 0.360. The Hall–Kier alpha value is -3.16. The van der Waals surface area contributed by atoms with Crippen molar-refractivity contribution < 1.29 is 14.6 Å². The van der Waals surface area contributed by atoms with Crippen molar-refractivity contribution >= 4 is 0 Å². The SMILES string of the molecule is Cc1ccc([C@@H]2c3ccc(O)cc3Oc3ncn(CCCN4CCOCC4)c(=N)c32)cc1. The molecule has 166 valence electrons. The van der Waals surface area contributed by atoms with Crippen LogP contribution in [-0.4, -0.2) is 52.4 Å². The summed E-state index contributed by atoms with van der Waals surface area (Å²) in [6.45, 7) is 7.28. The normalized spacial score (nSPS) is 18.0. The van der Waals surface area contributed by atoms with Gasteiger partial charge in [0.2, 0.25) is 5.88 Å². The van der Waals surface area contributed by atoms with Crippen LogP contribution in [0.25, 0.3) is 0 Å². The summed E-state index contributed by atoms with van der Waals surface area (Å²) < 4.78 is 13.4. The predicted molar refractivity (Wildman–Crippen MR) is 120 cm³/mol. The van der Waals surface area contributed by atoms with E-state index in [1.165, 1.54) is 5.56 Å². The number of nitrogens with zero attached hydrogens (tertiary/aromatic N) is 3. The van der Waals surface area contributed by atoms with E-state index >= 15 is 0 Å². The molecule has 3 heterocycles. The molecular formula is C25H28N4O3. The number of ether oxygens (including phenoxy) is 2. The summed E-state index contributed by atoms with van der Waals surface area (Å²) in [5.74, 6) is 0.986. The highest BCUT2D eigenvalue weighted by Gasteiger charge is 2.32. The van der Waals surface area contributed by atoms with E-state index in [1.807, 2.05) is 10.6 Å². The van der Waals surface area contributed by atoms with Crippen molar-refractivity contribution in [3.05, 3.63) is 76.5 Å². The Morgan fingerprint density at radius 3 is 2.66 bits per heavy atom. The van der Waals surface area contributed by atoms with Crippen LogP contribution >= 0.6 is 0 Å². The average Bonchev–Trinajstić information content (AvgIpc) is 2.80. The van der Waals surface area contributed by atoms with Crippen molar-refractivity contribution in [1.82, 2.24) is 14.5 Å². The molecule has 7 nitrogen and oxygen atoms in total. The van der Waals surface area contributed by atoms with E-state index in [4.69, 9.17) is 14.9 Å². The third-order valence-electron chi connectivity index (χ3n) is 6.28. The maximum absolute atomic E-state index is 9.98. The summed E-state index contributed by atoms with van der Waals surface area (Å²) in [7, 11) is 0. The molecule has 0 saturated carbocycles. The number of aromatic nitrogens is 2. The largest absolute Gasteiger partial charge is 0.508 e. The number of aromatic hydroxyl groups is 1. The molecule has 32 heavy (non-hydrogen) atoms. The lowest BCUT2D eigenvalue weighted by Gasteiger charge is -2.29. The van der Waals surface area contributed by atoms with Gasteiger partial charge in [-0.25, -0.2) is 4.98 Å². The number of nitrogens with one attached hydrogen (secondary N) is 1. The Balaban J connectivity index is 1.49. The van der Waals surface area contributed by atoms with Crippen molar-refractivity contribution in [2.75, 3.05) is 32.8 Å². The Morgan fingerprint density at radius 2 is 1.88 bits per heavy atom. The van der Waals surface area contributed by atoms with Crippen molar-refractivity contribution in [1.29, 1.82) is 5.41 Å². The van der Waals surface area contributed by atoms with Crippen LogP contribution in [-0.2, 0) is 11.3 Å². The first-order valence-corrected chi connectivity index (χ1v) is 11.1. The third-order valence-corrected chi connectivity index (χ3v) is 6.28. The number of phenols is 1. The zero-order valence-corrected chi connectivity index (χ0v) is 18.3. The first-order chi connectivity index (χ1) is 15.6. The van der Waals surface area contributed by atoms with E-state index in [0.29, 0.717) is 17.1 Å². The van der Waals surface area contributed by atoms with Crippen molar-refractivity contribution in [3.8, 4) is 17.4 Å². The first kappa shape index (κ1) is 20.7. The van der Waals surface area contributed by atoms with Crippen LogP contribution in [0.1, 0.15) is 34.6 Å². The number of benzene rings is 2. The van der Waals surface area contributed by atoms with Gasteiger partial charge in [0.05, 0.1) is 18.8 Å². The molecule has 0 unspecified atom stereocenters. The van der Waals surface area contributed by atoms with Gasteiger partial charge in [-0.05, 0) is 25.0 Å². The maximum Gasteiger partial charge on any atom is 0.228 e. The summed E-state index contributed by atoms with van der Waals surface area (Å²) >= 11 is 0. The second-order valence-electron chi connectivity index (χ2n) is 8.48. The first-order valence-electron chi connectivity index (χ1n) is 11.1. The molecule has 3 aromatic rings. The number of hydrogen-bond acceptors (Lipinski definition) is 6. The van der Waals surface area contributed by atoms with Gasteiger partial charge in [-0.2, -0.15) is 0 Å². The minimum Gasteiger partial charge on any atom is -0.508 e. The molecule has 2 aliphatic heterocycles. The second-order valence-corrected chi connectivity index (χ2v) is 8.48.